The minimum atomic E-state index is -0.524. The van der Waals surface area contributed by atoms with Gasteiger partial charge >= 0.3 is 0 Å². The second kappa shape index (κ2) is 4.35. The molecular formula is C9H8ClNOS. The van der Waals surface area contributed by atoms with Crippen LogP contribution < -0.4 is 0 Å². The van der Waals surface area contributed by atoms with Crippen LogP contribution in [0, 0.1) is 0 Å². The third-order valence-electron chi connectivity index (χ3n) is 1.36. The van der Waals surface area contributed by atoms with Gasteiger partial charge in [-0.05, 0) is 30.7 Å². The molecule has 0 fully saturated rings. The maximum absolute atomic E-state index is 10.8. The Morgan fingerprint density at radius 2 is 2.38 bits per heavy atom. The molecule has 1 heterocycles. The molecule has 0 aliphatic rings. The number of halogens is 1. The summed E-state index contributed by atoms with van der Waals surface area (Å²) >= 11 is 6.54. The molecule has 0 aliphatic carbocycles. The zero-order valence-corrected chi connectivity index (χ0v) is 8.65. The van der Waals surface area contributed by atoms with Gasteiger partial charge in [0.2, 0.25) is 0 Å². The average Bonchev–Trinajstić information content (AvgIpc) is 2.48. The molecule has 0 spiro atoms. The lowest BCUT2D eigenvalue weighted by Gasteiger charge is -1.84. The van der Waals surface area contributed by atoms with Crippen LogP contribution in [0.25, 0.3) is 12.2 Å². The van der Waals surface area contributed by atoms with E-state index in [0.717, 1.165) is 10.6 Å². The molecule has 0 saturated heterocycles. The van der Waals surface area contributed by atoms with Gasteiger partial charge in [-0.2, -0.15) is 0 Å². The number of hydrogen-bond acceptors (Lipinski definition) is 3. The molecule has 1 rings (SSSR count). The third kappa shape index (κ3) is 2.26. The van der Waals surface area contributed by atoms with Crippen LogP contribution in [0.15, 0.2) is 12.7 Å². The van der Waals surface area contributed by atoms with Gasteiger partial charge in [0.25, 0.3) is 5.24 Å². The lowest BCUT2D eigenvalue weighted by molar-refractivity contribution is 0.108. The number of aromatic nitrogens is 1. The molecule has 13 heavy (non-hydrogen) atoms. The minimum absolute atomic E-state index is 0.310. The maximum Gasteiger partial charge on any atom is 0.281 e. The van der Waals surface area contributed by atoms with E-state index in [1.807, 2.05) is 19.1 Å². The van der Waals surface area contributed by atoms with Gasteiger partial charge in [0.05, 0.1) is 10.6 Å². The quantitative estimate of drug-likeness (QED) is 0.722. The van der Waals surface area contributed by atoms with Gasteiger partial charge in [-0.1, -0.05) is 12.7 Å². The second-order valence-corrected chi connectivity index (χ2v) is 3.62. The maximum atomic E-state index is 10.8. The van der Waals surface area contributed by atoms with E-state index < -0.39 is 5.24 Å². The number of allylic oxidation sites excluding steroid dienone is 1. The molecule has 4 heteroatoms. The van der Waals surface area contributed by atoms with Crippen molar-refractivity contribution < 1.29 is 4.79 Å². The highest BCUT2D eigenvalue weighted by molar-refractivity contribution is 7.16. The molecule has 0 atom stereocenters. The molecule has 68 valence electrons. The zero-order valence-electron chi connectivity index (χ0n) is 7.08. The van der Waals surface area contributed by atoms with E-state index in [-0.39, 0.29) is 0 Å². The zero-order chi connectivity index (χ0) is 9.84. The van der Waals surface area contributed by atoms with E-state index >= 15 is 0 Å². The van der Waals surface area contributed by atoms with Crippen LogP contribution in [-0.4, -0.2) is 10.2 Å². The van der Waals surface area contributed by atoms with Gasteiger partial charge in [0.15, 0.2) is 5.01 Å². The van der Waals surface area contributed by atoms with Crippen molar-refractivity contribution in [2.75, 3.05) is 0 Å². The van der Waals surface area contributed by atoms with Crippen LogP contribution in [0.1, 0.15) is 27.3 Å². The smallest absolute Gasteiger partial charge is 0.273 e. The minimum Gasteiger partial charge on any atom is -0.273 e. The number of hydrogen-bond donors (Lipinski definition) is 0. The molecule has 0 unspecified atom stereocenters. The summed E-state index contributed by atoms with van der Waals surface area (Å²) in [5, 5.41) is -0.214. The van der Waals surface area contributed by atoms with Crippen LogP contribution in [0.5, 0.6) is 0 Å². The van der Waals surface area contributed by atoms with Crippen LogP contribution >= 0.6 is 22.9 Å². The molecule has 1 aromatic heterocycles. The Balaban J connectivity index is 3.18. The topological polar surface area (TPSA) is 30.0 Å². The van der Waals surface area contributed by atoms with Crippen LogP contribution in [0.2, 0.25) is 0 Å². The normalized spacial score (nSPS) is 10.6. The summed E-state index contributed by atoms with van der Waals surface area (Å²) in [6.07, 6.45) is 5.33. The standard InChI is InChI=1S/C9H8ClNOS/c1-3-5-6-7(4-2)13-9(11-6)8(10)12/h3-5H,2H2,1H3/b5-3-. The number of carbonyl (C=O) groups excluding carboxylic acids is 1. The second-order valence-electron chi connectivity index (χ2n) is 2.25. The molecule has 2 nitrogen and oxygen atoms in total. The van der Waals surface area contributed by atoms with Gasteiger partial charge in [0, 0.05) is 0 Å². The molecule has 0 amide bonds. The van der Waals surface area contributed by atoms with E-state index in [2.05, 4.69) is 11.6 Å². The summed E-state index contributed by atoms with van der Waals surface area (Å²) in [6, 6.07) is 0. The highest BCUT2D eigenvalue weighted by Gasteiger charge is 2.10. The molecular weight excluding hydrogens is 206 g/mol. The first-order chi connectivity index (χ1) is 6.19. The SMILES string of the molecule is C=Cc1sc(C(=O)Cl)nc1/C=C\C. The fraction of sp³-hybridized carbons (Fsp3) is 0.111. The fourth-order valence-electron chi connectivity index (χ4n) is 0.851. The molecule has 0 N–H and O–H groups in total. The Labute approximate surface area is 85.6 Å². The van der Waals surface area contributed by atoms with Gasteiger partial charge in [-0.25, -0.2) is 4.98 Å². The van der Waals surface area contributed by atoms with Crippen molar-refractivity contribution in [2.24, 2.45) is 0 Å². The van der Waals surface area contributed by atoms with Crippen LogP contribution in [0.3, 0.4) is 0 Å². The Hall–Kier alpha value is -0.930. The van der Waals surface area contributed by atoms with Crippen molar-refractivity contribution in [2.45, 2.75) is 6.92 Å². The van der Waals surface area contributed by atoms with Gasteiger partial charge in [-0.3, -0.25) is 4.79 Å². The molecule has 0 aliphatic heterocycles. The van der Waals surface area contributed by atoms with Crippen molar-refractivity contribution in [3.63, 3.8) is 0 Å². The van der Waals surface area contributed by atoms with Crippen molar-refractivity contribution in [3.8, 4) is 0 Å². The molecule has 1 aromatic rings. The molecule has 0 aromatic carbocycles. The molecule has 0 saturated carbocycles. The predicted molar refractivity (Wildman–Crippen MR) is 57.1 cm³/mol. The van der Waals surface area contributed by atoms with Crippen LogP contribution in [-0.2, 0) is 0 Å². The van der Waals surface area contributed by atoms with Crippen molar-refractivity contribution in [1.82, 2.24) is 4.98 Å². The summed E-state index contributed by atoms with van der Waals surface area (Å²) < 4.78 is 0. The number of rotatable bonds is 3. The Bertz CT molecular complexity index is 368. The summed E-state index contributed by atoms with van der Waals surface area (Å²) in [4.78, 5) is 15.7. The Kier molecular flexibility index (Phi) is 3.39. The number of thiazole rings is 1. The average molecular weight is 214 g/mol. The van der Waals surface area contributed by atoms with E-state index in [9.17, 15) is 4.79 Å². The molecule has 0 bridgehead atoms. The lowest BCUT2D eigenvalue weighted by Crippen LogP contribution is -1.85. The van der Waals surface area contributed by atoms with Gasteiger partial charge in [0.1, 0.15) is 0 Å². The van der Waals surface area contributed by atoms with E-state index in [1.165, 1.54) is 11.3 Å². The summed E-state index contributed by atoms with van der Waals surface area (Å²) in [6.45, 7) is 5.51. The van der Waals surface area contributed by atoms with E-state index in [1.54, 1.807) is 6.08 Å². The third-order valence-corrected chi connectivity index (χ3v) is 2.72. The highest BCUT2D eigenvalue weighted by atomic mass is 35.5. The summed E-state index contributed by atoms with van der Waals surface area (Å²) in [7, 11) is 0. The number of carbonyl (C=O) groups is 1. The largest absolute Gasteiger partial charge is 0.281 e. The monoisotopic (exact) mass is 213 g/mol. The van der Waals surface area contributed by atoms with Gasteiger partial charge < -0.3 is 0 Å². The first kappa shape index (κ1) is 10.2. The fourth-order valence-corrected chi connectivity index (χ4v) is 1.74. The van der Waals surface area contributed by atoms with Crippen molar-refractivity contribution >= 4 is 40.3 Å². The highest BCUT2D eigenvalue weighted by Crippen LogP contribution is 2.22. The summed E-state index contributed by atoms with van der Waals surface area (Å²) in [5.41, 5.74) is 0.742. The van der Waals surface area contributed by atoms with Crippen LogP contribution in [0.4, 0.5) is 0 Å². The predicted octanol–water partition coefficient (Wildman–Crippen LogP) is 3.20. The first-order valence-electron chi connectivity index (χ1n) is 3.64. The van der Waals surface area contributed by atoms with Crippen molar-refractivity contribution in [3.05, 3.63) is 28.2 Å². The molecule has 0 radical (unpaired) electrons. The lowest BCUT2D eigenvalue weighted by atomic mass is 10.3. The first-order valence-corrected chi connectivity index (χ1v) is 4.84. The van der Waals surface area contributed by atoms with Crippen molar-refractivity contribution in [1.29, 1.82) is 0 Å². The Morgan fingerprint density at radius 1 is 1.69 bits per heavy atom. The van der Waals surface area contributed by atoms with E-state index in [0.29, 0.717) is 5.01 Å². The number of nitrogens with zero attached hydrogens (tertiary/aromatic N) is 1. The van der Waals surface area contributed by atoms with Gasteiger partial charge in [-0.15, -0.1) is 11.3 Å². The Morgan fingerprint density at radius 3 is 2.85 bits per heavy atom. The summed E-state index contributed by atoms with van der Waals surface area (Å²) in [5.74, 6) is 0. The van der Waals surface area contributed by atoms with E-state index in [4.69, 9.17) is 11.6 Å².